The maximum atomic E-state index is 15.4. The Kier molecular flexibility index (Phi) is 9.32. The number of likely N-dealkylation sites (N-methyl/N-ethyl adjacent to an activating group) is 1. The van der Waals surface area contributed by atoms with Gasteiger partial charge >= 0.3 is 6.36 Å². The van der Waals surface area contributed by atoms with Gasteiger partial charge in [-0.15, -0.1) is 13.2 Å². The first-order chi connectivity index (χ1) is 22.6. The van der Waals surface area contributed by atoms with E-state index in [0.717, 1.165) is 18.2 Å². The third kappa shape index (κ3) is 5.78. The first kappa shape index (κ1) is 34.8. The lowest BCUT2D eigenvalue weighted by molar-refractivity contribution is -0.275. The van der Waals surface area contributed by atoms with Crippen LogP contribution < -0.4 is 23.3 Å². The third-order valence-corrected chi connectivity index (χ3v) is 10.3. The Morgan fingerprint density at radius 3 is 2.19 bits per heavy atom. The van der Waals surface area contributed by atoms with Gasteiger partial charge in [-0.25, -0.2) is 12.7 Å². The van der Waals surface area contributed by atoms with Crippen LogP contribution in [0.15, 0.2) is 59.5 Å². The van der Waals surface area contributed by atoms with Gasteiger partial charge < -0.3 is 23.8 Å². The monoisotopic (exact) mass is 691 g/mol. The summed E-state index contributed by atoms with van der Waals surface area (Å²) in [5, 5.41) is 0. The van der Waals surface area contributed by atoms with Crippen molar-refractivity contribution < 1.29 is 50.1 Å². The molecule has 0 aromatic heterocycles. The van der Waals surface area contributed by atoms with Crippen LogP contribution >= 0.6 is 0 Å². The zero-order valence-corrected chi connectivity index (χ0v) is 28.1. The number of sulfonamides is 1. The summed E-state index contributed by atoms with van der Waals surface area (Å²) in [7, 11) is 2.05. The van der Waals surface area contributed by atoms with E-state index in [1.165, 1.54) is 32.3 Å². The number of likely N-dealkylation sites (tertiary alicyclic amines) is 1. The summed E-state index contributed by atoms with van der Waals surface area (Å²) >= 11 is 0. The molecule has 5 rings (SSSR count). The topological polar surface area (TPSA) is 115 Å². The molecule has 258 valence electrons. The molecule has 48 heavy (non-hydrogen) atoms. The number of hydrogen-bond acceptors (Lipinski definition) is 9. The van der Waals surface area contributed by atoms with E-state index in [9.17, 15) is 26.4 Å². The van der Waals surface area contributed by atoms with Gasteiger partial charge in [0.05, 0.1) is 33.1 Å². The molecule has 3 aromatic carbocycles. The number of halogens is 3. The minimum absolute atomic E-state index is 0.106. The Labute approximate surface area is 276 Å². The Morgan fingerprint density at radius 1 is 0.896 bits per heavy atom. The predicted molar refractivity (Wildman–Crippen MR) is 169 cm³/mol. The van der Waals surface area contributed by atoms with E-state index < -0.39 is 44.5 Å². The lowest BCUT2D eigenvalue weighted by Gasteiger charge is -2.47. The Hall–Kier alpha value is -4.50. The number of rotatable bonds is 9. The molecule has 0 radical (unpaired) electrons. The van der Waals surface area contributed by atoms with Crippen LogP contribution in [-0.2, 0) is 25.2 Å². The summed E-state index contributed by atoms with van der Waals surface area (Å²) in [5.74, 6) is -2.03. The minimum Gasteiger partial charge on any atom is -0.497 e. The van der Waals surface area contributed by atoms with Crippen LogP contribution in [0.1, 0.15) is 36.0 Å². The number of piperidine rings is 1. The fraction of sp³-hybridized carbons (Fsp3) is 0.394. The number of carbonyl (C=O) groups excluding carboxylic acids is 2. The molecule has 0 aliphatic carbocycles. The van der Waals surface area contributed by atoms with Gasteiger partial charge in [-0.05, 0) is 56.2 Å². The quantitative estimate of drug-likeness (QED) is 0.311. The third-order valence-electron chi connectivity index (χ3n) is 8.61. The maximum absolute atomic E-state index is 15.4. The summed E-state index contributed by atoms with van der Waals surface area (Å²) in [6.45, 7) is 1.95. The van der Waals surface area contributed by atoms with Crippen molar-refractivity contribution in [1.29, 1.82) is 0 Å². The number of anilines is 1. The van der Waals surface area contributed by atoms with Gasteiger partial charge in [0.25, 0.3) is 15.9 Å². The van der Waals surface area contributed by atoms with E-state index in [2.05, 4.69) is 4.74 Å². The molecule has 2 amide bonds. The number of carbonyl (C=O) groups is 2. The highest BCUT2D eigenvalue weighted by molar-refractivity contribution is 7.93. The van der Waals surface area contributed by atoms with E-state index in [1.54, 1.807) is 56.3 Å². The SMILES string of the molecule is COc1ccc(S(=O)(=O)N2C(=O)C(c3cc(OC)ccc3OC)(N3CCCC[C@H]3C(=O)N(C)C)c3cc(C)ccc32)c(OC(F)(F)F)c1. The lowest BCUT2D eigenvalue weighted by atomic mass is 9.78. The van der Waals surface area contributed by atoms with E-state index in [0.29, 0.717) is 34.9 Å². The summed E-state index contributed by atoms with van der Waals surface area (Å²) in [6.07, 6.45) is -3.69. The molecule has 0 bridgehead atoms. The largest absolute Gasteiger partial charge is 0.573 e. The second kappa shape index (κ2) is 12.8. The number of methoxy groups -OCH3 is 3. The second-order valence-corrected chi connectivity index (χ2v) is 13.4. The molecule has 2 aliphatic rings. The van der Waals surface area contributed by atoms with Gasteiger partial charge in [-0.2, -0.15) is 0 Å². The fourth-order valence-corrected chi connectivity index (χ4v) is 8.10. The summed E-state index contributed by atoms with van der Waals surface area (Å²) in [4.78, 5) is 31.4. The molecule has 0 N–H and O–H groups in total. The molecular weight excluding hydrogens is 655 g/mol. The molecule has 3 aromatic rings. The molecule has 2 heterocycles. The van der Waals surface area contributed by atoms with Crippen molar-refractivity contribution in [2.45, 2.75) is 49.0 Å². The van der Waals surface area contributed by atoms with Gasteiger partial charge in [0.2, 0.25) is 5.91 Å². The molecule has 2 aliphatic heterocycles. The molecule has 1 saturated heterocycles. The average Bonchev–Trinajstić information content (AvgIpc) is 3.31. The van der Waals surface area contributed by atoms with Crippen molar-refractivity contribution in [2.24, 2.45) is 0 Å². The molecule has 1 unspecified atom stereocenters. The van der Waals surface area contributed by atoms with Crippen molar-refractivity contribution in [1.82, 2.24) is 9.80 Å². The van der Waals surface area contributed by atoms with Crippen LogP contribution in [0.3, 0.4) is 0 Å². The van der Waals surface area contributed by atoms with Crippen molar-refractivity contribution in [3.63, 3.8) is 0 Å². The molecule has 0 saturated carbocycles. The molecule has 15 heteroatoms. The highest BCUT2D eigenvalue weighted by atomic mass is 32.2. The Morgan fingerprint density at radius 2 is 1.56 bits per heavy atom. The summed E-state index contributed by atoms with van der Waals surface area (Å²) in [6, 6.07) is 11.3. The van der Waals surface area contributed by atoms with Crippen LogP contribution in [0.2, 0.25) is 0 Å². The van der Waals surface area contributed by atoms with Crippen LogP contribution in [0.25, 0.3) is 0 Å². The van der Waals surface area contributed by atoms with Crippen molar-refractivity contribution in [3.8, 4) is 23.0 Å². The van der Waals surface area contributed by atoms with Gasteiger partial charge in [-0.3, -0.25) is 14.5 Å². The van der Waals surface area contributed by atoms with Crippen molar-refractivity contribution >= 4 is 27.5 Å². The molecule has 0 spiro atoms. The van der Waals surface area contributed by atoms with Crippen LogP contribution in [0.4, 0.5) is 18.9 Å². The molecule has 11 nitrogen and oxygen atoms in total. The smallest absolute Gasteiger partial charge is 0.497 e. The zero-order valence-electron chi connectivity index (χ0n) is 27.3. The van der Waals surface area contributed by atoms with Crippen LogP contribution in [-0.4, -0.2) is 84.4 Å². The number of hydrogen-bond donors (Lipinski definition) is 0. The lowest BCUT2D eigenvalue weighted by Crippen LogP contribution is -2.62. The van der Waals surface area contributed by atoms with E-state index in [4.69, 9.17) is 14.2 Å². The van der Waals surface area contributed by atoms with Crippen molar-refractivity contribution in [2.75, 3.05) is 46.3 Å². The number of nitrogens with zero attached hydrogens (tertiary/aromatic N) is 3. The Bertz CT molecular complexity index is 1850. The molecule has 2 atom stereocenters. The average molecular weight is 692 g/mol. The number of amides is 2. The minimum atomic E-state index is -5.27. The number of benzene rings is 3. The zero-order chi connectivity index (χ0) is 35.2. The molecule has 1 fully saturated rings. The predicted octanol–water partition coefficient (Wildman–Crippen LogP) is 4.84. The summed E-state index contributed by atoms with van der Waals surface area (Å²) in [5.41, 5.74) is -1.06. The fourth-order valence-electron chi connectivity index (χ4n) is 6.54. The highest BCUT2D eigenvalue weighted by Crippen LogP contribution is 2.55. The van der Waals surface area contributed by atoms with E-state index in [1.807, 2.05) is 0 Å². The highest BCUT2D eigenvalue weighted by Gasteiger charge is 2.63. The van der Waals surface area contributed by atoms with Crippen LogP contribution in [0.5, 0.6) is 23.0 Å². The van der Waals surface area contributed by atoms with E-state index in [-0.39, 0.29) is 40.8 Å². The van der Waals surface area contributed by atoms with Crippen LogP contribution in [0, 0.1) is 6.92 Å². The standard InChI is InChI=1S/C33H36F3N3O8S/c1-20-10-13-25-23(17-20)32(24-18-21(44-4)11-14-27(24)46-6,38-16-8-7-9-26(38)30(40)37(2)3)31(41)39(25)48(42,43)29-15-12-22(45-5)19-28(29)47-33(34,35)36/h10-15,17-19,26H,7-9,16H2,1-6H3/t26-,32?/m0/s1. The Balaban J connectivity index is 1.88. The van der Waals surface area contributed by atoms with Gasteiger partial charge in [0.15, 0.2) is 11.3 Å². The van der Waals surface area contributed by atoms with Gasteiger partial charge in [0, 0.05) is 37.8 Å². The van der Waals surface area contributed by atoms with Gasteiger partial charge in [0.1, 0.15) is 22.1 Å². The van der Waals surface area contributed by atoms with Crippen molar-refractivity contribution in [3.05, 3.63) is 71.3 Å². The number of fused-ring (bicyclic) bond motifs is 1. The molecular formula is C33H36F3N3O8S. The summed E-state index contributed by atoms with van der Waals surface area (Å²) < 4.78 is 91.1. The first-order valence-electron chi connectivity index (χ1n) is 15.0. The second-order valence-electron chi connectivity index (χ2n) is 11.7. The number of ether oxygens (including phenoxy) is 4. The number of aryl methyl sites for hydroxylation is 1. The normalized spacial score (nSPS) is 19.9. The maximum Gasteiger partial charge on any atom is 0.573 e. The number of alkyl halides is 3. The van der Waals surface area contributed by atoms with E-state index >= 15 is 4.79 Å². The van der Waals surface area contributed by atoms with Gasteiger partial charge in [-0.1, -0.05) is 24.1 Å². The first-order valence-corrected chi connectivity index (χ1v) is 16.4.